The van der Waals surface area contributed by atoms with Crippen LogP contribution in [0.5, 0.6) is 0 Å². The lowest BCUT2D eigenvalue weighted by Gasteiger charge is -2.24. The molecular weight excluding hydrogens is 374 g/mol. The molecule has 6 nitrogen and oxygen atoms in total. The highest BCUT2D eigenvalue weighted by Gasteiger charge is 2.19. The van der Waals surface area contributed by atoms with Gasteiger partial charge in [-0.15, -0.1) is 4.91 Å². The molecule has 0 spiro atoms. The van der Waals surface area contributed by atoms with Crippen LogP contribution in [0.25, 0.3) is 5.57 Å². The second-order valence-corrected chi connectivity index (χ2v) is 8.07. The molecule has 0 bridgehead atoms. The molecule has 2 N–H and O–H groups in total. The summed E-state index contributed by atoms with van der Waals surface area (Å²) in [5.74, 6) is 0.580. The molecule has 0 atom stereocenters. The molecule has 2 rings (SSSR count). The van der Waals surface area contributed by atoms with Crippen LogP contribution in [0.4, 0.5) is 11.5 Å². The van der Waals surface area contributed by atoms with Gasteiger partial charge in [-0.3, -0.25) is 4.98 Å². The average molecular weight is 408 g/mol. The van der Waals surface area contributed by atoms with E-state index in [9.17, 15) is 4.91 Å². The van der Waals surface area contributed by atoms with Crippen molar-refractivity contribution < 1.29 is 0 Å². The summed E-state index contributed by atoms with van der Waals surface area (Å²) in [6.07, 6.45) is 8.06. The molecule has 0 aliphatic carbocycles. The smallest absolute Gasteiger partial charge is 0.152 e. The molecular formula is C24H33N5O. The van der Waals surface area contributed by atoms with Gasteiger partial charge in [-0.2, -0.15) is 0 Å². The van der Waals surface area contributed by atoms with Gasteiger partial charge < -0.3 is 5.32 Å². The number of hydrogen-bond donors (Lipinski definition) is 2. The van der Waals surface area contributed by atoms with Gasteiger partial charge in [-0.05, 0) is 68.4 Å². The van der Waals surface area contributed by atoms with Gasteiger partial charge in [-0.1, -0.05) is 38.5 Å². The third-order valence-corrected chi connectivity index (χ3v) is 5.57. The van der Waals surface area contributed by atoms with Crippen molar-refractivity contribution >= 4 is 17.1 Å². The van der Waals surface area contributed by atoms with Gasteiger partial charge >= 0.3 is 0 Å². The lowest BCUT2D eigenvalue weighted by molar-refractivity contribution is 0.394. The Hall–Kier alpha value is -3.02. The summed E-state index contributed by atoms with van der Waals surface area (Å²) in [6.45, 7) is 13.6. The Morgan fingerprint density at radius 3 is 2.47 bits per heavy atom. The summed E-state index contributed by atoms with van der Waals surface area (Å²) in [7, 11) is 0. The van der Waals surface area contributed by atoms with Crippen LogP contribution in [0.2, 0.25) is 0 Å². The molecule has 160 valence electrons. The van der Waals surface area contributed by atoms with Crippen molar-refractivity contribution in [3.63, 3.8) is 0 Å². The van der Waals surface area contributed by atoms with E-state index in [4.69, 9.17) is 4.98 Å². The largest absolute Gasteiger partial charge is 0.364 e. The minimum absolute atomic E-state index is 0.148. The third-order valence-electron chi connectivity index (χ3n) is 5.57. The maximum Gasteiger partial charge on any atom is 0.152 e. The zero-order valence-electron chi connectivity index (χ0n) is 18.9. The molecule has 0 saturated carbocycles. The predicted octanol–water partition coefficient (Wildman–Crippen LogP) is 6.75. The number of hydrogen-bond acceptors (Lipinski definition) is 5. The van der Waals surface area contributed by atoms with Gasteiger partial charge in [0.05, 0.1) is 11.0 Å². The lowest BCUT2D eigenvalue weighted by Crippen LogP contribution is -2.11. The number of anilines is 2. The minimum Gasteiger partial charge on any atom is -0.364 e. The first-order valence-corrected chi connectivity index (χ1v) is 10.4. The fourth-order valence-electron chi connectivity index (χ4n) is 3.46. The molecule has 0 saturated heterocycles. The highest BCUT2D eigenvalue weighted by Crippen LogP contribution is 2.35. The molecule has 2 heterocycles. The zero-order chi connectivity index (χ0) is 22.1. The van der Waals surface area contributed by atoms with Gasteiger partial charge in [0.15, 0.2) is 5.82 Å². The van der Waals surface area contributed by atoms with Gasteiger partial charge in [0.25, 0.3) is 0 Å². The molecule has 30 heavy (non-hydrogen) atoms. The summed E-state index contributed by atoms with van der Waals surface area (Å²) in [6, 6.07) is 7.64. The second-order valence-electron chi connectivity index (χ2n) is 8.07. The Kier molecular flexibility index (Phi) is 8.27. The van der Waals surface area contributed by atoms with Crippen LogP contribution in [-0.2, 0) is 6.54 Å². The van der Waals surface area contributed by atoms with Gasteiger partial charge in [0, 0.05) is 24.5 Å². The summed E-state index contributed by atoms with van der Waals surface area (Å²) < 4.78 is 0. The van der Waals surface area contributed by atoms with Crippen molar-refractivity contribution in [2.24, 2.45) is 10.7 Å². The molecule has 6 heteroatoms. The van der Waals surface area contributed by atoms with E-state index < -0.39 is 0 Å². The van der Waals surface area contributed by atoms with Crippen molar-refractivity contribution in [1.82, 2.24) is 9.97 Å². The molecule has 0 fully saturated rings. The highest BCUT2D eigenvalue weighted by molar-refractivity contribution is 5.81. The van der Waals surface area contributed by atoms with Crippen molar-refractivity contribution in [1.29, 1.82) is 0 Å². The van der Waals surface area contributed by atoms with E-state index in [1.54, 1.807) is 12.4 Å². The highest BCUT2D eigenvalue weighted by atomic mass is 16.3. The number of aromatic nitrogens is 2. The number of pyridine rings is 2. The van der Waals surface area contributed by atoms with Crippen LogP contribution in [0.1, 0.15) is 65.6 Å². The van der Waals surface area contributed by atoms with E-state index in [0.29, 0.717) is 18.1 Å². The Morgan fingerprint density at radius 1 is 1.17 bits per heavy atom. The van der Waals surface area contributed by atoms with Crippen molar-refractivity contribution in [2.45, 2.75) is 60.9 Å². The summed E-state index contributed by atoms with van der Waals surface area (Å²) >= 11 is 0. The zero-order valence-corrected chi connectivity index (χ0v) is 18.9. The van der Waals surface area contributed by atoms with Crippen LogP contribution in [0.3, 0.4) is 0 Å². The molecule has 0 aliphatic rings. The van der Waals surface area contributed by atoms with E-state index in [0.717, 1.165) is 29.7 Å². The van der Waals surface area contributed by atoms with Crippen LogP contribution in [-0.4, -0.2) is 9.97 Å². The Morgan fingerprint density at radius 2 is 1.90 bits per heavy atom. The summed E-state index contributed by atoms with van der Waals surface area (Å²) in [5.41, 5.74) is 8.59. The number of allylic oxidation sites excluding steroid dienone is 4. The van der Waals surface area contributed by atoms with E-state index in [2.05, 4.69) is 68.6 Å². The van der Waals surface area contributed by atoms with Crippen LogP contribution < -0.4 is 10.7 Å². The minimum atomic E-state index is 0.148. The van der Waals surface area contributed by atoms with Gasteiger partial charge in [0.2, 0.25) is 0 Å². The fourth-order valence-corrected chi connectivity index (χ4v) is 3.46. The fraction of sp³-hybridized carbons (Fsp3) is 0.417. The van der Waals surface area contributed by atoms with Gasteiger partial charge in [-0.25, -0.2) is 10.4 Å². The predicted molar refractivity (Wildman–Crippen MR) is 126 cm³/mol. The Bertz CT molecular complexity index is 910. The lowest BCUT2D eigenvalue weighted by atomic mass is 9.81. The maximum atomic E-state index is 10.8. The topological polar surface area (TPSA) is 79.3 Å². The quantitative estimate of drug-likeness (QED) is 0.259. The molecule has 0 aliphatic heterocycles. The maximum absolute atomic E-state index is 10.8. The van der Waals surface area contributed by atoms with Crippen molar-refractivity contribution in [2.75, 3.05) is 10.7 Å². The molecule has 2 aromatic heterocycles. The number of rotatable bonds is 10. The van der Waals surface area contributed by atoms with E-state index in [1.807, 2.05) is 24.3 Å². The first kappa shape index (κ1) is 23.3. The molecule has 2 aromatic rings. The Balaban J connectivity index is 2.44. The first-order chi connectivity index (χ1) is 14.3. The SMILES string of the molecule is CCC(C)(/C=C(/C)C(=C(C)C)c1ccc(NN=O)c(NCc2cccnc2)n1)CC. The van der Waals surface area contributed by atoms with Crippen LogP contribution in [0.15, 0.2) is 59.2 Å². The first-order valence-electron chi connectivity index (χ1n) is 10.4. The van der Waals surface area contributed by atoms with E-state index in [-0.39, 0.29) is 5.41 Å². The Labute approximate surface area is 179 Å². The third kappa shape index (κ3) is 5.99. The number of nitrogens with zero attached hydrogens (tertiary/aromatic N) is 3. The number of nitrogens with one attached hydrogen (secondary N) is 2. The molecule has 0 unspecified atom stereocenters. The summed E-state index contributed by atoms with van der Waals surface area (Å²) in [5, 5.41) is 6.12. The monoisotopic (exact) mass is 407 g/mol. The van der Waals surface area contributed by atoms with Crippen LogP contribution >= 0.6 is 0 Å². The molecule has 0 amide bonds. The van der Waals surface area contributed by atoms with E-state index >= 15 is 0 Å². The second kappa shape index (κ2) is 10.7. The van der Waals surface area contributed by atoms with Crippen molar-refractivity contribution in [3.8, 4) is 0 Å². The standard InChI is InChI=1S/C24H33N5O/c1-7-24(6,8-2)14-18(5)22(17(3)4)20-11-12-21(28-29-30)23(27-20)26-16-19-10-9-13-25-15-19/h9-15H,7-8,16H2,1-6H3,(H,26,27)(H,28,30)/b18-14-. The van der Waals surface area contributed by atoms with Gasteiger partial charge in [0.1, 0.15) is 5.69 Å². The average Bonchev–Trinajstić information content (AvgIpc) is 2.74. The normalized spacial score (nSPS) is 11.7. The molecule has 0 radical (unpaired) electrons. The van der Waals surface area contributed by atoms with Crippen LogP contribution in [0, 0.1) is 10.3 Å². The van der Waals surface area contributed by atoms with Crippen molar-refractivity contribution in [3.05, 3.63) is 70.0 Å². The summed E-state index contributed by atoms with van der Waals surface area (Å²) in [4.78, 5) is 19.8. The molecule has 0 aromatic carbocycles. The van der Waals surface area contributed by atoms with E-state index in [1.165, 1.54) is 11.1 Å². The number of nitroso groups, excluding NO2 is 1.